The largest absolute Gasteiger partial charge is 0.450 e. The first-order valence-corrected chi connectivity index (χ1v) is 8.87. The van der Waals surface area contributed by atoms with Crippen molar-refractivity contribution in [1.82, 2.24) is 9.38 Å². The van der Waals surface area contributed by atoms with E-state index in [4.69, 9.17) is 21.1 Å². The molecule has 134 valence electrons. The zero-order valence-electron chi connectivity index (χ0n) is 13.6. The molecule has 0 aliphatic heterocycles. The number of imidazole rings is 1. The second-order valence-corrected chi connectivity index (χ2v) is 6.20. The number of thiazole rings is 1. The number of amides is 1. The third kappa shape index (κ3) is 4.22. The number of esters is 1. The molecular formula is C17H14ClN3O4S. The summed E-state index contributed by atoms with van der Waals surface area (Å²) in [6.45, 7) is 1.97. The molecule has 0 spiro atoms. The summed E-state index contributed by atoms with van der Waals surface area (Å²) in [5.74, 6) is -0.298. The molecule has 1 aromatic carbocycles. The first-order chi connectivity index (χ1) is 12.6. The van der Waals surface area contributed by atoms with E-state index in [-0.39, 0.29) is 12.4 Å². The molecule has 3 aromatic rings. The number of ether oxygens (including phenoxy) is 2. The highest BCUT2D eigenvalue weighted by Crippen LogP contribution is 2.23. The topological polar surface area (TPSA) is 81.9 Å². The Labute approximate surface area is 157 Å². The van der Waals surface area contributed by atoms with Crippen LogP contribution in [0.2, 0.25) is 5.15 Å². The van der Waals surface area contributed by atoms with Gasteiger partial charge >= 0.3 is 12.1 Å². The van der Waals surface area contributed by atoms with Crippen molar-refractivity contribution >= 4 is 51.7 Å². The van der Waals surface area contributed by atoms with E-state index in [2.05, 4.69) is 10.3 Å². The van der Waals surface area contributed by atoms with Crippen LogP contribution in [-0.4, -0.2) is 28.1 Å². The molecule has 0 saturated carbocycles. The van der Waals surface area contributed by atoms with Crippen LogP contribution >= 0.6 is 22.9 Å². The number of anilines is 1. The lowest BCUT2D eigenvalue weighted by atomic mass is 10.3. The highest BCUT2D eigenvalue weighted by Gasteiger charge is 2.10. The number of rotatable bonds is 5. The molecular weight excluding hydrogens is 378 g/mol. The van der Waals surface area contributed by atoms with E-state index >= 15 is 0 Å². The first-order valence-electron chi connectivity index (χ1n) is 7.61. The summed E-state index contributed by atoms with van der Waals surface area (Å²) in [5.41, 5.74) is 1.05. The molecule has 0 bridgehead atoms. The van der Waals surface area contributed by atoms with Crippen LogP contribution in [0.1, 0.15) is 12.6 Å². The molecule has 0 fully saturated rings. The van der Waals surface area contributed by atoms with Gasteiger partial charge in [-0.15, -0.1) is 11.3 Å². The number of fused-ring (bicyclic) bond motifs is 1. The standard InChI is InChI=1S/C17H14ClN3O4S/c1-2-24-17(23)19-11-4-3-5-12(10-11)25-14(22)7-6-13-15(18)20-16-21(13)8-9-26-16/h3-10H,2H2,1H3,(H,19,23)/b7-6+. The van der Waals surface area contributed by atoms with E-state index in [0.29, 0.717) is 16.5 Å². The number of benzene rings is 1. The predicted octanol–water partition coefficient (Wildman–Crippen LogP) is 4.24. The highest BCUT2D eigenvalue weighted by molar-refractivity contribution is 7.15. The van der Waals surface area contributed by atoms with Crippen LogP contribution in [0, 0.1) is 0 Å². The van der Waals surface area contributed by atoms with Crippen molar-refractivity contribution in [3.05, 3.63) is 52.8 Å². The molecule has 2 heterocycles. The van der Waals surface area contributed by atoms with Gasteiger partial charge < -0.3 is 9.47 Å². The number of nitrogens with one attached hydrogen (secondary N) is 1. The molecule has 0 radical (unpaired) electrons. The SMILES string of the molecule is CCOC(=O)Nc1cccc(OC(=O)/C=C/c2c(Cl)nc3sccn23)c1. The minimum atomic E-state index is -0.584. The van der Waals surface area contributed by atoms with E-state index in [0.717, 1.165) is 4.96 Å². The Morgan fingerprint density at radius 1 is 1.42 bits per heavy atom. The van der Waals surface area contributed by atoms with Crippen LogP contribution in [0.15, 0.2) is 41.9 Å². The number of carbonyl (C=O) groups excluding carboxylic acids is 2. The average molecular weight is 392 g/mol. The fourth-order valence-corrected chi connectivity index (χ4v) is 3.15. The molecule has 0 atom stereocenters. The average Bonchev–Trinajstić information content (AvgIpc) is 3.14. The van der Waals surface area contributed by atoms with Crippen LogP contribution in [0.4, 0.5) is 10.5 Å². The zero-order chi connectivity index (χ0) is 18.5. The van der Waals surface area contributed by atoms with Gasteiger partial charge in [0.05, 0.1) is 12.3 Å². The van der Waals surface area contributed by atoms with E-state index < -0.39 is 12.1 Å². The summed E-state index contributed by atoms with van der Waals surface area (Å²) in [6, 6.07) is 6.43. The molecule has 9 heteroatoms. The Balaban J connectivity index is 1.67. The second-order valence-electron chi connectivity index (χ2n) is 4.97. The van der Waals surface area contributed by atoms with Gasteiger partial charge in [0.15, 0.2) is 10.1 Å². The Morgan fingerprint density at radius 3 is 3.08 bits per heavy atom. The molecule has 0 unspecified atom stereocenters. The molecule has 26 heavy (non-hydrogen) atoms. The van der Waals surface area contributed by atoms with Gasteiger partial charge in [0.1, 0.15) is 5.75 Å². The summed E-state index contributed by atoms with van der Waals surface area (Å²) in [5, 5.41) is 4.72. The monoisotopic (exact) mass is 391 g/mol. The molecule has 7 nitrogen and oxygen atoms in total. The highest BCUT2D eigenvalue weighted by atomic mass is 35.5. The second kappa shape index (κ2) is 8.03. The summed E-state index contributed by atoms with van der Waals surface area (Å²) in [7, 11) is 0. The van der Waals surface area contributed by atoms with Crippen molar-refractivity contribution < 1.29 is 19.1 Å². The van der Waals surface area contributed by atoms with Gasteiger partial charge in [-0.3, -0.25) is 9.72 Å². The Morgan fingerprint density at radius 2 is 2.27 bits per heavy atom. The summed E-state index contributed by atoms with van der Waals surface area (Å²) in [4.78, 5) is 28.4. The Bertz CT molecular complexity index is 979. The molecule has 0 saturated heterocycles. The van der Waals surface area contributed by atoms with Crippen LogP contribution in [0.25, 0.3) is 11.0 Å². The maximum absolute atomic E-state index is 12.0. The smallest absolute Gasteiger partial charge is 0.411 e. The molecule has 1 amide bonds. The van der Waals surface area contributed by atoms with Crippen molar-refractivity contribution in [3.63, 3.8) is 0 Å². The first kappa shape index (κ1) is 18.0. The summed E-state index contributed by atoms with van der Waals surface area (Å²) >= 11 is 7.51. The van der Waals surface area contributed by atoms with Gasteiger partial charge in [0.25, 0.3) is 0 Å². The maximum atomic E-state index is 12.0. The Hall–Kier alpha value is -2.84. The molecule has 0 aliphatic carbocycles. The third-order valence-corrected chi connectivity index (χ3v) is 4.24. The third-order valence-electron chi connectivity index (χ3n) is 3.21. The van der Waals surface area contributed by atoms with E-state index in [9.17, 15) is 9.59 Å². The van der Waals surface area contributed by atoms with E-state index in [1.807, 2.05) is 11.6 Å². The van der Waals surface area contributed by atoms with Crippen molar-refractivity contribution in [2.75, 3.05) is 11.9 Å². The number of hydrogen-bond donors (Lipinski definition) is 1. The van der Waals surface area contributed by atoms with Crippen LogP contribution in [0.5, 0.6) is 5.75 Å². The van der Waals surface area contributed by atoms with Gasteiger partial charge in [0.2, 0.25) is 0 Å². The number of carbonyl (C=O) groups is 2. The van der Waals surface area contributed by atoms with Crippen LogP contribution in [-0.2, 0) is 9.53 Å². The molecule has 3 rings (SSSR count). The van der Waals surface area contributed by atoms with Crippen molar-refractivity contribution in [2.24, 2.45) is 0 Å². The minimum Gasteiger partial charge on any atom is -0.450 e. The van der Waals surface area contributed by atoms with Crippen LogP contribution in [0.3, 0.4) is 0 Å². The molecule has 0 aliphatic rings. The number of halogens is 1. The fourth-order valence-electron chi connectivity index (χ4n) is 2.15. The summed E-state index contributed by atoms with van der Waals surface area (Å²) < 4.78 is 11.8. The van der Waals surface area contributed by atoms with Crippen molar-refractivity contribution in [3.8, 4) is 5.75 Å². The van der Waals surface area contributed by atoms with Crippen molar-refractivity contribution in [2.45, 2.75) is 6.92 Å². The van der Waals surface area contributed by atoms with Gasteiger partial charge in [-0.1, -0.05) is 17.7 Å². The summed E-state index contributed by atoms with van der Waals surface area (Å²) in [6.07, 6.45) is 4.04. The maximum Gasteiger partial charge on any atom is 0.411 e. The van der Waals surface area contributed by atoms with Crippen LogP contribution < -0.4 is 10.1 Å². The molecule has 1 N–H and O–H groups in total. The quantitative estimate of drug-likeness (QED) is 0.399. The van der Waals surface area contributed by atoms with E-state index in [1.54, 1.807) is 29.5 Å². The number of aromatic nitrogens is 2. The van der Waals surface area contributed by atoms with Crippen molar-refractivity contribution in [1.29, 1.82) is 0 Å². The van der Waals surface area contributed by atoms with Gasteiger partial charge in [0, 0.05) is 29.4 Å². The lowest BCUT2D eigenvalue weighted by molar-refractivity contribution is -0.128. The lowest BCUT2D eigenvalue weighted by Gasteiger charge is -2.07. The number of nitrogens with zero attached hydrogens (tertiary/aromatic N) is 2. The minimum absolute atomic E-state index is 0.264. The van der Waals surface area contributed by atoms with Gasteiger partial charge in [-0.05, 0) is 25.1 Å². The zero-order valence-corrected chi connectivity index (χ0v) is 15.2. The Kier molecular flexibility index (Phi) is 5.55. The number of hydrogen-bond acceptors (Lipinski definition) is 6. The normalized spacial score (nSPS) is 11.0. The predicted molar refractivity (Wildman–Crippen MR) is 99.8 cm³/mol. The molecule has 2 aromatic heterocycles. The van der Waals surface area contributed by atoms with Gasteiger partial charge in [-0.25, -0.2) is 14.6 Å². The fraction of sp³-hybridized carbons (Fsp3) is 0.118. The lowest BCUT2D eigenvalue weighted by Crippen LogP contribution is -2.13. The van der Waals surface area contributed by atoms with E-state index in [1.165, 1.54) is 29.6 Å². The van der Waals surface area contributed by atoms with Gasteiger partial charge in [-0.2, -0.15) is 0 Å².